The molecule has 0 atom stereocenters. The van der Waals surface area contributed by atoms with Gasteiger partial charge >= 0.3 is 0 Å². The van der Waals surface area contributed by atoms with Crippen molar-refractivity contribution in [2.45, 2.75) is 39.0 Å². The van der Waals surface area contributed by atoms with Crippen LogP contribution >= 0.6 is 0 Å². The molecule has 19 heavy (non-hydrogen) atoms. The highest BCUT2D eigenvalue weighted by Gasteiger charge is 2.24. The van der Waals surface area contributed by atoms with Gasteiger partial charge in [0.2, 0.25) is 0 Å². The van der Waals surface area contributed by atoms with Crippen molar-refractivity contribution in [1.29, 1.82) is 0 Å². The second kappa shape index (κ2) is 7.02. The first-order chi connectivity index (χ1) is 9.08. The molecule has 0 aromatic carbocycles. The summed E-state index contributed by atoms with van der Waals surface area (Å²) in [6.45, 7) is 5.56. The predicted octanol–water partition coefficient (Wildman–Crippen LogP) is 0.942. The minimum Gasteiger partial charge on any atom is -0.314 e. The zero-order valence-corrected chi connectivity index (χ0v) is 12.7. The molecule has 1 heterocycles. The van der Waals surface area contributed by atoms with Crippen LogP contribution in [0, 0.1) is 11.8 Å². The number of nitrogens with one attached hydrogen (secondary N) is 2. The van der Waals surface area contributed by atoms with Crippen LogP contribution in [0.2, 0.25) is 0 Å². The second-order valence-electron chi connectivity index (χ2n) is 5.96. The van der Waals surface area contributed by atoms with Crippen molar-refractivity contribution in [3.05, 3.63) is 0 Å². The van der Waals surface area contributed by atoms with Crippen molar-refractivity contribution < 1.29 is 8.42 Å². The number of nitrogens with zero attached hydrogens (tertiary/aromatic N) is 1. The quantitative estimate of drug-likeness (QED) is 0.792. The van der Waals surface area contributed by atoms with E-state index in [4.69, 9.17) is 0 Å². The monoisotopic (exact) mass is 289 g/mol. The molecule has 2 N–H and O–H groups in total. The van der Waals surface area contributed by atoms with E-state index in [1.165, 1.54) is 25.7 Å². The molecule has 0 bridgehead atoms. The zero-order valence-electron chi connectivity index (χ0n) is 11.9. The Morgan fingerprint density at radius 1 is 1.16 bits per heavy atom. The third-order valence-electron chi connectivity index (χ3n) is 4.39. The lowest BCUT2D eigenvalue weighted by Crippen LogP contribution is -2.50. The summed E-state index contributed by atoms with van der Waals surface area (Å²) in [7, 11) is -3.25. The van der Waals surface area contributed by atoms with E-state index < -0.39 is 10.2 Å². The van der Waals surface area contributed by atoms with Crippen LogP contribution in [0.5, 0.6) is 0 Å². The third kappa shape index (κ3) is 4.70. The fourth-order valence-electron chi connectivity index (χ4n) is 2.99. The van der Waals surface area contributed by atoms with Gasteiger partial charge in [-0.1, -0.05) is 32.6 Å². The summed E-state index contributed by atoms with van der Waals surface area (Å²) in [6, 6.07) is 0. The van der Waals surface area contributed by atoms with Gasteiger partial charge in [0.05, 0.1) is 0 Å². The van der Waals surface area contributed by atoms with Crippen LogP contribution in [0.15, 0.2) is 0 Å². The van der Waals surface area contributed by atoms with Crippen LogP contribution in [0.3, 0.4) is 0 Å². The van der Waals surface area contributed by atoms with Crippen LogP contribution in [0.25, 0.3) is 0 Å². The lowest BCUT2D eigenvalue weighted by atomic mass is 9.81. The summed E-state index contributed by atoms with van der Waals surface area (Å²) < 4.78 is 28.4. The number of piperazine rings is 1. The molecule has 0 unspecified atom stereocenters. The topological polar surface area (TPSA) is 61.4 Å². The molecule has 1 saturated carbocycles. The second-order valence-corrected chi connectivity index (χ2v) is 7.72. The van der Waals surface area contributed by atoms with Crippen LogP contribution in [0.4, 0.5) is 0 Å². The molecule has 2 fully saturated rings. The first-order valence-electron chi connectivity index (χ1n) is 7.53. The van der Waals surface area contributed by atoms with Gasteiger partial charge in [0.1, 0.15) is 0 Å². The van der Waals surface area contributed by atoms with Gasteiger partial charge in [-0.05, 0) is 18.3 Å². The molecule has 5 nitrogen and oxygen atoms in total. The van der Waals surface area contributed by atoms with Crippen molar-refractivity contribution in [2.75, 3.05) is 32.7 Å². The normalized spacial score (nSPS) is 30.4. The summed E-state index contributed by atoms with van der Waals surface area (Å²) >= 11 is 0. The fraction of sp³-hybridized carbons (Fsp3) is 1.00. The standard InChI is InChI=1S/C13H27N3O2S/c1-12-2-4-13(5-3-12)6-7-15-19(17,18)16-10-8-14-9-11-16/h12-15H,2-11H2,1H3. The van der Waals surface area contributed by atoms with E-state index in [1.807, 2.05) is 0 Å². The number of hydrogen-bond acceptors (Lipinski definition) is 3. The Labute approximate surface area is 117 Å². The van der Waals surface area contributed by atoms with Gasteiger partial charge < -0.3 is 5.32 Å². The summed E-state index contributed by atoms with van der Waals surface area (Å²) in [5, 5.41) is 3.16. The van der Waals surface area contributed by atoms with E-state index in [0.29, 0.717) is 25.6 Å². The number of hydrogen-bond donors (Lipinski definition) is 2. The van der Waals surface area contributed by atoms with Gasteiger partial charge in [-0.25, -0.2) is 4.72 Å². The first-order valence-corrected chi connectivity index (χ1v) is 8.97. The van der Waals surface area contributed by atoms with Crippen molar-refractivity contribution in [3.8, 4) is 0 Å². The third-order valence-corrected chi connectivity index (χ3v) is 6.00. The lowest BCUT2D eigenvalue weighted by Gasteiger charge is -2.28. The Morgan fingerprint density at radius 3 is 2.42 bits per heavy atom. The van der Waals surface area contributed by atoms with Crippen LogP contribution < -0.4 is 10.0 Å². The van der Waals surface area contributed by atoms with Crippen LogP contribution in [-0.4, -0.2) is 45.4 Å². The smallest absolute Gasteiger partial charge is 0.279 e. The highest BCUT2D eigenvalue weighted by atomic mass is 32.2. The molecular weight excluding hydrogens is 262 g/mol. The first kappa shape index (κ1) is 15.2. The number of rotatable bonds is 5. The van der Waals surface area contributed by atoms with Crippen molar-refractivity contribution in [1.82, 2.24) is 14.3 Å². The molecule has 0 aromatic rings. The average Bonchev–Trinajstić information content (AvgIpc) is 2.42. The van der Waals surface area contributed by atoms with Crippen LogP contribution in [0.1, 0.15) is 39.0 Å². The molecule has 2 aliphatic rings. The maximum Gasteiger partial charge on any atom is 0.279 e. The molecule has 1 aliphatic carbocycles. The molecule has 0 radical (unpaired) electrons. The molecule has 0 spiro atoms. The van der Waals surface area contributed by atoms with Gasteiger partial charge in [-0.2, -0.15) is 12.7 Å². The molecule has 0 aromatic heterocycles. The maximum absolute atomic E-state index is 12.1. The average molecular weight is 289 g/mol. The highest BCUT2D eigenvalue weighted by molar-refractivity contribution is 7.87. The minimum atomic E-state index is -3.25. The molecule has 112 valence electrons. The van der Waals surface area contributed by atoms with Crippen molar-refractivity contribution >= 4 is 10.2 Å². The molecule has 0 amide bonds. The van der Waals surface area contributed by atoms with Crippen LogP contribution in [-0.2, 0) is 10.2 Å². The molecule has 2 rings (SSSR count). The zero-order chi connectivity index (χ0) is 13.7. The van der Waals surface area contributed by atoms with Crippen molar-refractivity contribution in [2.24, 2.45) is 11.8 Å². The van der Waals surface area contributed by atoms with E-state index in [-0.39, 0.29) is 0 Å². The summed E-state index contributed by atoms with van der Waals surface area (Å²) in [4.78, 5) is 0. The van der Waals surface area contributed by atoms with E-state index in [0.717, 1.165) is 25.4 Å². The summed E-state index contributed by atoms with van der Waals surface area (Å²) in [5.74, 6) is 1.57. The Hall–Kier alpha value is -0.170. The molecule has 1 saturated heterocycles. The van der Waals surface area contributed by atoms with Crippen molar-refractivity contribution in [3.63, 3.8) is 0 Å². The van der Waals surface area contributed by atoms with E-state index in [9.17, 15) is 8.42 Å². The largest absolute Gasteiger partial charge is 0.314 e. The van der Waals surface area contributed by atoms with Gasteiger partial charge in [0.15, 0.2) is 0 Å². The molecule has 6 heteroatoms. The lowest BCUT2D eigenvalue weighted by molar-refractivity contribution is 0.277. The Morgan fingerprint density at radius 2 is 1.79 bits per heavy atom. The maximum atomic E-state index is 12.1. The Kier molecular flexibility index (Phi) is 5.62. The summed E-state index contributed by atoms with van der Waals surface area (Å²) in [5.41, 5.74) is 0. The van der Waals surface area contributed by atoms with Gasteiger partial charge in [0, 0.05) is 32.7 Å². The van der Waals surface area contributed by atoms with E-state index in [1.54, 1.807) is 4.31 Å². The highest BCUT2D eigenvalue weighted by Crippen LogP contribution is 2.29. The minimum absolute atomic E-state index is 0.580. The Bertz CT molecular complexity index is 358. The van der Waals surface area contributed by atoms with Gasteiger partial charge in [-0.3, -0.25) is 0 Å². The predicted molar refractivity (Wildman–Crippen MR) is 77.1 cm³/mol. The Balaban J connectivity index is 1.69. The fourth-order valence-corrected chi connectivity index (χ4v) is 4.21. The summed E-state index contributed by atoms with van der Waals surface area (Å²) in [6.07, 6.45) is 6.11. The van der Waals surface area contributed by atoms with E-state index >= 15 is 0 Å². The SMILES string of the molecule is CC1CCC(CCNS(=O)(=O)N2CCNCC2)CC1. The molecule has 1 aliphatic heterocycles. The van der Waals surface area contributed by atoms with E-state index in [2.05, 4.69) is 17.0 Å². The molecular formula is C13H27N3O2S. The van der Waals surface area contributed by atoms with Gasteiger partial charge in [-0.15, -0.1) is 0 Å². The van der Waals surface area contributed by atoms with Gasteiger partial charge in [0.25, 0.3) is 10.2 Å².